The molecule has 1 amide bonds. The second-order valence-electron chi connectivity index (χ2n) is 8.74. The van der Waals surface area contributed by atoms with E-state index in [2.05, 4.69) is 15.3 Å². The van der Waals surface area contributed by atoms with Crippen LogP contribution >= 0.6 is 0 Å². The van der Waals surface area contributed by atoms with Gasteiger partial charge >= 0.3 is 0 Å². The molecule has 1 saturated heterocycles. The van der Waals surface area contributed by atoms with Crippen LogP contribution in [0.1, 0.15) is 29.7 Å². The average Bonchev–Trinajstić information content (AvgIpc) is 3.39. The van der Waals surface area contributed by atoms with E-state index in [1.165, 1.54) is 5.56 Å². The number of carbonyl (C=O) groups is 1. The number of furan rings is 1. The molecular formula is C26H27N5O3. The molecule has 5 rings (SSSR count). The van der Waals surface area contributed by atoms with Crippen LogP contribution in [0.5, 0.6) is 0 Å². The number of hydrogen-bond acceptors (Lipinski definition) is 6. The van der Waals surface area contributed by atoms with E-state index in [1.807, 2.05) is 54.3 Å². The van der Waals surface area contributed by atoms with Crippen LogP contribution in [-0.2, 0) is 17.9 Å². The quantitative estimate of drug-likeness (QED) is 0.478. The van der Waals surface area contributed by atoms with Crippen LogP contribution in [0.2, 0.25) is 0 Å². The summed E-state index contributed by atoms with van der Waals surface area (Å²) in [6.07, 6.45) is 4.84. The Morgan fingerprint density at radius 1 is 1.18 bits per heavy atom. The van der Waals surface area contributed by atoms with Crippen LogP contribution in [0.4, 0.5) is 5.82 Å². The van der Waals surface area contributed by atoms with Crippen molar-refractivity contribution in [1.29, 1.82) is 0 Å². The minimum absolute atomic E-state index is 0.0384. The van der Waals surface area contributed by atoms with Crippen molar-refractivity contribution >= 4 is 22.9 Å². The van der Waals surface area contributed by atoms with Crippen LogP contribution in [0.3, 0.4) is 0 Å². The standard InChI is InChI=1S/C26H27N5O3/c1-18-8-10-19(11-9-18)16-31-23-22(7-2-12-27-23)29-24(26(31)33)30-13-3-5-20(17-30)25(32)28-15-21-6-4-14-34-21/h2,4,6-12,14,20H,3,5,13,15-17H2,1H3,(H,28,32)/t20-/m0/s1. The fourth-order valence-electron chi connectivity index (χ4n) is 4.41. The maximum atomic E-state index is 13.6. The third kappa shape index (κ3) is 4.57. The summed E-state index contributed by atoms with van der Waals surface area (Å²) in [4.78, 5) is 37.5. The number of benzene rings is 1. The van der Waals surface area contributed by atoms with E-state index in [0.717, 1.165) is 18.4 Å². The molecule has 1 aliphatic heterocycles. The number of rotatable bonds is 6. The number of anilines is 1. The highest BCUT2D eigenvalue weighted by Crippen LogP contribution is 2.22. The van der Waals surface area contributed by atoms with Gasteiger partial charge in [-0.2, -0.15) is 0 Å². The second kappa shape index (κ2) is 9.51. The van der Waals surface area contributed by atoms with Crippen LogP contribution in [0.15, 0.2) is 70.2 Å². The lowest BCUT2D eigenvalue weighted by Gasteiger charge is -2.32. The first-order valence-corrected chi connectivity index (χ1v) is 11.5. The van der Waals surface area contributed by atoms with E-state index in [-0.39, 0.29) is 17.4 Å². The van der Waals surface area contributed by atoms with Crippen molar-refractivity contribution in [2.45, 2.75) is 32.9 Å². The Bertz CT molecular complexity index is 1350. The van der Waals surface area contributed by atoms with Gasteiger partial charge in [0.2, 0.25) is 5.91 Å². The molecule has 8 nitrogen and oxygen atoms in total. The number of carbonyl (C=O) groups excluding carboxylic acids is 1. The highest BCUT2D eigenvalue weighted by atomic mass is 16.3. The summed E-state index contributed by atoms with van der Waals surface area (Å²) in [5, 5.41) is 2.95. The summed E-state index contributed by atoms with van der Waals surface area (Å²) >= 11 is 0. The molecule has 4 aromatic rings. The maximum absolute atomic E-state index is 13.6. The van der Waals surface area contributed by atoms with Gasteiger partial charge in [0.05, 0.1) is 25.3 Å². The number of fused-ring (bicyclic) bond motifs is 1. The van der Waals surface area contributed by atoms with Crippen LogP contribution < -0.4 is 15.8 Å². The molecular weight excluding hydrogens is 430 g/mol. The first kappa shape index (κ1) is 21.9. The maximum Gasteiger partial charge on any atom is 0.295 e. The minimum Gasteiger partial charge on any atom is -0.467 e. The summed E-state index contributed by atoms with van der Waals surface area (Å²) in [6, 6.07) is 15.4. The molecule has 0 aliphatic carbocycles. The van der Waals surface area contributed by atoms with E-state index in [9.17, 15) is 9.59 Å². The minimum atomic E-state index is -0.222. The normalized spacial score (nSPS) is 16.0. The molecule has 1 aliphatic rings. The van der Waals surface area contributed by atoms with E-state index >= 15 is 0 Å². The molecule has 0 unspecified atom stereocenters. The van der Waals surface area contributed by atoms with Crippen molar-refractivity contribution in [2.75, 3.05) is 18.0 Å². The number of hydrogen-bond donors (Lipinski definition) is 1. The Kier molecular flexibility index (Phi) is 6.12. The summed E-state index contributed by atoms with van der Waals surface area (Å²) in [7, 11) is 0. The van der Waals surface area contributed by atoms with E-state index in [4.69, 9.17) is 4.42 Å². The largest absolute Gasteiger partial charge is 0.467 e. The van der Waals surface area contributed by atoms with Gasteiger partial charge in [-0.3, -0.25) is 14.2 Å². The van der Waals surface area contributed by atoms with E-state index < -0.39 is 0 Å². The highest BCUT2D eigenvalue weighted by Gasteiger charge is 2.29. The lowest BCUT2D eigenvalue weighted by Crippen LogP contribution is -2.45. The Labute approximate surface area is 197 Å². The average molecular weight is 458 g/mol. The van der Waals surface area contributed by atoms with Crippen molar-refractivity contribution in [2.24, 2.45) is 5.92 Å². The Morgan fingerprint density at radius 3 is 2.82 bits per heavy atom. The molecule has 0 radical (unpaired) electrons. The first-order chi connectivity index (χ1) is 16.6. The van der Waals surface area contributed by atoms with Crippen LogP contribution in [0, 0.1) is 12.8 Å². The lowest BCUT2D eigenvalue weighted by molar-refractivity contribution is -0.125. The fraction of sp³-hybridized carbons (Fsp3) is 0.308. The fourth-order valence-corrected chi connectivity index (χ4v) is 4.41. The topological polar surface area (TPSA) is 93.3 Å². The molecule has 34 heavy (non-hydrogen) atoms. The molecule has 1 aromatic carbocycles. The number of nitrogens with one attached hydrogen (secondary N) is 1. The molecule has 0 spiro atoms. The summed E-state index contributed by atoms with van der Waals surface area (Å²) in [5.74, 6) is 0.823. The third-order valence-electron chi connectivity index (χ3n) is 6.25. The zero-order chi connectivity index (χ0) is 23.5. The monoisotopic (exact) mass is 457 g/mol. The van der Waals surface area contributed by atoms with E-state index in [1.54, 1.807) is 23.1 Å². The highest BCUT2D eigenvalue weighted by molar-refractivity contribution is 5.79. The van der Waals surface area contributed by atoms with Gasteiger partial charge in [0.25, 0.3) is 5.56 Å². The molecule has 0 saturated carbocycles. The Morgan fingerprint density at radius 2 is 2.03 bits per heavy atom. The number of pyridine rings is 1. The van der Waals surface area contributed by atoms with Crippen molar-refractivity contribution in [3.63, 3.8) is 0 Å². The van der Waals surface area contributed by atoms with Crippen molar-refractivity contribution in [1.82, 2.24) is 19.9 Å². The predicted molar refractivity (Wildman–Crippen MR) is 130 cm³/mol. The molecule has 0 bridgehead atoms. The van der Waals surface area contributed by atoms with Crippen LogP contribution in [0.25, 0.3) is 11.2 Å². The zero-order valence-electron chi connectivity index (χ0n) is 19.1. The smallest absolute Gasteiger partial charge is 0.295 e. The van der Waals surface area contributed by atoms with Gasteiger partial charge < -0.3 is 14.6 Å². The summed E-state index contributed by atoms with van der Waals surface area (Å²) < 4.78 is 6.99. The van der Waals surface area contributed by atoms with Gasteiger partial charge in [-0.15, -0.1) is 0 Å². The molecule has 4 heterocycles. The molecule has 174 valence electrons. The van der Waals surface area contributed by atoms with Crippen molar-refractivity contribution in [3.05, 3.63) is 88.2 Å². The molecule has 1 atom stereocenters. The number of nitrogens with zero attached hydrogens (tertiary/aromatic N) is 4. The molecule has 1 fully saturated rings. The molecule has 8 heteroatoms. The number of aromatic nitrogens is 3. The van der Waals surface area contributed by atoms with Crippen LogP contribution in [-0.4, -0.2) is 33.5 Å². The van der Waals surface area contributed by atoms with Gasteiger partial charge in [-0.05, 0) is 49.6 Å². The Hall–Kier alpha value is -3.94. The first-order valence-electron chi connectivity index (χ1n) is 11.5. The van der Waals surface area contributed by atoms with Crippen molar-refractivity contribution < 1.29 is 9.21 Å². The predicted octanol–water partition coefficient (Wildman–Crippen LogP) is 3.27. The molecule has 1 N–H and O–H groups in total. The van der Waals surface area contributed by atoms with Gasteiger partial charge in [0.1, 0.15) is 11.3 Å². The number of amides is 1. The third-order valence-corrected chi connectivity index (χ3v) is 6.25. The van der Waals surface area contributed by atoms with E-state index in [0.29, 0.717) is 48.9 Å². The van der Waals surface area contributed by atoms with Crippen molar-refractivity contribution in [3.8, 4) is 0 Å². The number of aryl methyl sites for hydroxylation is 1. The van der Waals surface area contributed by atoms with Gasteiger partial charge in [0.15, 0.2) is 11.5 Å². The number of piperidine rings is 1. The van der Waals surface area contributed by atoms with Gasteiger partial charge in [0, 0.05) is 19.3 Å². The SMILES string of the molecule is Cc1ccc(Cn2c(=O)c(N3CCC[C@H](C(=O)NCc4ccco4)C3)nc3cccnc32)cc1. The van der Waals surface area contributed by atoms with Gasteiger partial charge in [-0.1, -0.05) is 29.8 Å². The van der Waals surface area contributed by atoms with Gasteiger partial charge in [-0.25, -0.2) is 9.97 Å². The zero-order valence-corrected chi connectivity index (χ0v) is 19.1. The Balaban J connectivity index is 1.42. The molecule has 3 aromatic heterocycles. The summed E-state index contributed by atoms with van der Waals surface area (Å²) in [6.45, 7) is 3.92. The lowest BCUT2D eigenvalue weighted by atomic mass is 9.97. The summed E-state index contributed by atoms with van der Waals surface area (Å²) in [5.41, 5.74) is 3.21. The second-order valence-corrected chi connectivity index (χ2v) is 8.74.